The lowest BCUT2D eigenvalue weighted by molar-refractivity contribution is -0.148. The van der Waals surface area contributed by atoms with E-state index >= 15 is 0 Å². The molecule has 0 aromatic rings. The van der Waals surface area contributed by atoms with Crippen molar-refractivity contribution >= 4 is 11.9 Å². The minimum atomic E-state index is -0.616. The Hall–Kier alpha value is -1.32. The summed E-state index contributed by atoms with van der Waals surface area (Å²) in [5.41, 5.74) is -0.364. The standard InChI is InChI=1S/C12H21NO3/c1-6-7-8-9(14)13-10(11(15)16-5)12(2,3)4/h6,10H,1,7-8H2,2-5H3,(H,13,14)/t10-/m0/s1. The lowest BCUT2D eigenvalue weighted by Crippen LogP contribution is -2.49. The molecule has 0 spiro atoms. The quantitative estimate of drug-likeness (QED) is 0.574. The predicted octanol–water partition coefficient (Wildman–Crippen LogP) is 1.66. The molecule has 1 atom stereocenters. The summed E-state index contributed by atoms with van der Waals surface area (Å²) in [5, 5.41) is 2.68. The van der Waals surface area contributed by atoms with Crippen molar-refractivity contribution in [3.8, 4) is 0 Å². The van der Waals surface area contributed by atoms with Crippen LogP contribution in [0.15, 0.2) is 12.7 Å². The maximum Gasteiger partial charge on any atom is 0.328 e. The van der Waals surface area contributed by atoms with Crippen molar-refractivity contribution in [2.75, 3.05) is 7.11 Å². The average molecular weight is 227 g/mol. The summed E-state index contributed by atoms with van der Waals surface area (Å²) in [6.45, 7) is 9.17. The molecule has 4 heteroatoms. The maximum absolute atomic E-state index is 11.5. The monoisotopic (exact) mass is 227 g/mol. The van der Waals surface area contributed by atoms with Gasteiger partial charge in [-0.05, 0) is 11.8 Å². The Morgan fingerprint density at radius 1 is 1.44 bits per heavy atom. The molecule has 1 amide bonds. The number of rotatable bonds is 5. The molecule has 0 aliphatic carbocycles. The van der Waals surface area contributed by atoms with Gasteiger partial charge in [0.1, 0.15) is 6.04 Å². The lowest BCUT2D eigenvalue weighted by atomic mass is 9.86. The van der Waals surface area contributed by atoms with Crippen LogP contribution in [0.5, 0.6) is 0 Å². The number of ether oxygens (including phenoxy) is 1. The molecule has 0 rings (SSSR count). The van der Waals surface area contributed by atoms with Crippen LogP contribution in [0.2, 0.25) is 0 Å². The van der Waals surface area contributed by atoms with Crippen molar-refractivity contribution in [2.24, 2.45) is 5.41 Å². The summed E-state index contributed by atoms with van der Waals surface area (Å²) in [6, 6.07) is -0.616. The largest absolute Gasteiger partial charge is 0.467 e. The van der Waals surface area contributed by atoms with Gasteiger partial charge in [-0.3, -0.25) is 4.79 Å². The lowest BCUT2D eigenvalue weighted by Gasteiger charge is -2.28. The third-order valence-electron chi connectivity index (χ3n) is 2.18. The van der Waals surface area contributed by atoms with Gasteiger partial charge in [-0.25, -0.2) is 4.79 Å². The number of methoxy groups -OCH3 is 1. The molecule has 0 bridgehead atoms. The molecule has 0 aliphatic rings. The highest BCUT2D eigenvalue weighted by atomic mass is 16.5. The minimum absolute atomic E-state index is 0.162. The van der Waals surface area contributed by atoms with Crippen molar-refractivity contribution in [1.82, 2.24) is 5.32 Å². The van der Waals surface area contributed by atoms with E-state index < -0.39 is 12.0 Å². The van der Waals surface area contributed by atoms with Crippen molar-refractivity contribution in [2.45, 2.75) is 39.7 Å². The van der Waals surface area contributed by atoms with Crippen LogP contribution < -0.4 is 5.32 Å². The number of allylic oxidation sites excluding steroid dienone is 1. The van der Waals surface area contributed by atoms with Gasteiger partial charge < -0.3 is 10.1 Å². The Kier molecular flexibility index (Phi) is 5.78. The Morgan fingerprint density at radius 2 is 2.00 bits per heavy atom. The van der Waals surface area contributed by atoms with Gasteiger partial charge in [0.15, 0.2) is 0 Å². The molecule has 0 heterocycles. The van der Waals surface area contributed by atoms with E-state index in [0.29, 0.717) is 12.8 Å². The first kappa shape index (κ1) is 14.7. The van der Waals surface area contributed by atoms with Crippen LogP contribution in [0, 0.1) is 5.41 Å². The summed E-state index contributed by atoms with van der Waals surface area (Å²) < 4.78 is 4.67. The van der Waals surface area contributed by atoms with Crippen molar-refractivity contribution in [3.63, 3.8) is 0 Å². The maximum atomic E-state index is 11.5. The highest BCUT2D eigenvalue weighted by molar-refractivity contribution is 5.85. The first-order valence-electron chi connectivity index (χ1n) is 5.31. The van der Waals surface area contributed by atoms with E-state index in [1.54, 1.807) is 6.08 Å². The number of carbonyl (C=O) groups is 2. The normalized spacial score (nSPS) is 12.8. The smallest absolute Gasteiger partial charge is 0.328 e. The molecule has 0 saturated heterocycles. The number of esters is 1. The molecule has 0 fully saturated rings. The van der Waals surface area contributed by atoms with Gasteiger partial charge in [-0.15, -0.1) is 6.58 Å². The summed E-state index contributed by atoms with van der Waals surface area (Å²) in [5.74, 6) is -0.579. The van der Waals surface area contributed by atoms with Crippen LogP contribution in [0.25, 0.3) is 0 Å². The Morgan fingerprint density at radius 3 is 2.38 bits per heavy atom. The van der Waals surface area contributed by atoms with Gasteiger partial charge in [-0.2, -0.15) is 0 Å². The Labute approximate surface area is 97.1 Å². The van der Waals surface area contributed by atoms with Crippen LogP contribution in [-0.2, 0) is 14.3 Å². The third-order valence-corrected chi connectivity index (χ3v) is 2.18. The molecule has 0 unspecified atom stereocenters. The first-order chi connectivity index (χ1) is 7.32. The molecule has 0 aromatic heterocycles. The topological polar surface area (TPSA) is 55.4 Å². The van der Waals surface area contributed by atoms with Crippen LogP contribution in [0.1, 0.15) is 33.6 Å². The highest BCUT2D eigenvalue weighted by Gasteiger charge is 2.33. The van der Waals surface area contributed by atoms with Gasteiger partial charge in [0.05, 0.1) is 7.11 Å². The van der Waals surface area contributed by atoms with Crippen LogP contribution in [0.4, 0.5) is 0 Å². The molecule has 0 aromatic carbocycles. The van der Waals surface area contributed by atoms with Gasteiger partial charge in [0.2, 0.25) is 5.91 Å². The average Bonchev–Trinajstić information content (AvgIpc) is 2.20. The van der Waals surface area contributed by atoms with Crippen LogP contribution in [-0.4, -0.2) is 25.0 Å². The van der Waals surface area contributed by atoms with E-state index in [2.05, 4.69) is 16.6 Å². The zero-order valence-electron chi connectivity index (χ0n) is 10.5. The van der Waals surface area contributed by atoms with Crippen molar-refractivity contribution in [3.05, 3.63) is 12.7 Å². The molecule has 0 radical (unpaired) electrons. The van der Waals surface area contributed by atoms with E-state index in [-0.39, 0.29) is 11.3 Å². The Balaban J connectivity index is 4.50. The van der Waals surface area contributed by atoms with E-state index in [1.807, 2.05) is 20.8 Å². The van der Waals surface area contributed by atoms with Crippen molar-refractivity contribution in [1.29, 1.82) is 0 Å². The molecule has 0 saturated carbocycles. The summed E-state index contributed by atoms with van der Waals surface area (Å²) in [7, 11) is 1.32. The molecule has 92 valence electrons. The highest BCUT2D eigenvalue weighted by Crippen LogP contribution is 2.20. The summed E-state index contributed by atoms with van der Waals surface area (Å²) >= 11 is 0. The molecule has 4 nitrogen and oxygen atoms in total. The molecule has 0 aliphatic heterocycles. The second-order valence-electron chi connectivity index (χ2n) is 4.72. The molecular weight excluding hydrogens is 206 g/mol. The first-order valence-corrected chi connectivity index (χ1v) is 5.31. The number of hydrogen-bond donors (Lipinski definition) is 1. The Bertz CT molecular complexity index is 266. The molecule has 1 N–H and O–H groups in total. The number of hydrogen-bond acceptors (Lipinski definition) is 3. The molecular formula is C12H21NO3. The summed E-state index contributed by atoms with van der Waals surface area (Å²) in [4.78, 5) is 23.0. The zero-order valence-corrected chi connectivity index (χ0v) is 10.5. The van der Waals surface area contributed by atoms with E-state index in [9.17, 15) is 9.59 Å². The fourth-order valence-electron chi connectivity index (χ4n) is 1.21. The van der Waals surface area contributed by atoms with E-state index in [1.165, 1.54) is 7.11 Å². The fourth-order valence-corrected chi connectivity index (χ4v) is 1.21. The van der Waals surface area contributed by atoms with Crippen molar-refractivity contribution < 1.29 is 14.3 Å². The van der Waals surface area contributed by atoms with Gasteiger partial charge in [0, 0.05) is 6.42 Å². The molecule has 16 heavy (non-hydrogen) atoms. The van der Waals surface area contributed by atoms with E-state index in [4.69, 9.17) is 0 Å². The summed E-state index contributed by atoms with van der Waals surface area (Å²) in [6.07, 6.45) is 2.61. The predicted molar refractivity (Wildman–Crippen MR) is 62.8 cm³/mol. The van der Waals surface area contributed by atoms with Gasteiger partial charge >= 0.3 is 5.97 Å². The number of amides is 1. The van der Waals surface area contributed by atoms with Crippen LogP contribution >= 0.6 is 0 Å². The van der Waals surface area contributed by atoms with E-state index in [0.717, 1.165) is 0 Å². The van der Waals surface area contributed by atoms with Crippen LogP contribution in [0.3, 0.4) is 0 Å². The number of carbonyl (C=O) groups excluding carboxylic acids is 2. The minimum Gasteiger partial charge on any atom is -0.467 e. The SMILES string of the molecule is C=CCCC(=O)N[C@@H](C(=O)OC)C(C)(C)C. The number of nitrogens with one attached hydrogen (secondary N) is 1. The zero-order chi connectivity index (χ0) is 12.8. The van der Waals surface area contributed by atoms with Gasteiger partial charge in [-0.1, -0.05) is 26.8 Å². The fraction of sp³-hybridized carbons (Fsp3) is 0.667. The second kappa shape index (κ2) is 6.30. The van der Waals surface area contributed by atoms with Gasteiger partial charge in [0.25, 0.3) is 0 Å². The second-order valence-corrected chi connectivity index (χ2v) is 4.72. The third kappa shape index (κ3) is 4.96.